The first-order valence-corrected chi connectivity index (χ1v) is 6.61. The van der Waals surface area contributed by atoms with Crippen LogP contribution in [0.5, 0.6) is 0 Å². The molecule has 0 bridgehead atoms. The Hall–Kier alpha value is -0.810. The summed E-state index contributed by atoms with van der Waals surface area (Å²) in [4.78, 5) is 16.3. The van der Waals surface area contributed by atoms with Crippen LogP contribution in [0.3, 0.4) is 0 Å². The van der Waals surface area contributed by atoms with Gasteiger partial charge in [0.15, 0.2) is 0 Å². The Balaban J connectivity index is 2.05. The van der Waals surface area contributed by atoms with Crippen molar-refractivity contribution in [3.63, 3.8) is 0 Å². The molecule has 2 aliphatic rings. The fraction of sp³-hybridized carbons (Fsp3) is 0.923. The minimum Gasteiger partial charge on any atom is -0.378 e. The quantitative estimate of drug-likeness (QED) is 0.656. The van der Waals surface area contributed by atoms with E-state index < -0.39 is 0 Å². The van der Waals surface area contributed by atoms with E-state index in [0.29, 0.717) is 39.4 Å². The third-order valence-corrected chi connectivity index (χ3v) is 3.25. The zero-order valence-corrected chi connectivity index (χ0v) is 11.9. The lowest BCUT2D eigenvalue weighted by atomic mass is 9.99. The maximum absolute atomic E-state index is 12.5. The first kappa shape index (κ1) is 13.6. The van der Waals surface area contributed by atoms with Crippen LogP contribution in [0, 0.1) is 0 Å². The number of carbonyl (C=O) groups is 1. The highest BCUT2D eigenvalue weighted by Gasteiger charge is 2.41. The van der Waals surface area contributed by atoms with Gasteiger partial charge in [0.2, 0.25) is 0 Å². The summed E-state index contributed by atoms with van der Waals surface area (Å²) in [6, 6.07) is 0.114. The molecule has 2 aliphatic heterocycles. The van der Waals surface area contributed by atoms with Gasteiger partial charge in [-0.2, -0.15) is 0 Å². The van der Waals surface area contributed by atoms with Crippen molar-refractivity contribution in [2.75, 3.05) is 39.4 Å². The fourth-order valence-electron chi connectivity index (χ4n) is 2.88. The second kappa shape index (κ2) is 4.70. The Labute approximate surface area is 109 Å². The van der Waals surface area contributed by atoms with Gasteiger partial charge in [-0.3, -0.25) is 0 Å². The smallest absolute Gasteiger partial charge is 0.320 e. The van der Waals surface area contributed by atoms with Crippen molar-refractivity contribution in [3.8, 4) is 0 Å². The number of hydrogen-bond donors (Lipinski definition) is 0. The Bertz CT molecular complexity index is 306. The van der Waals surface area contributed by atoms with Gasteiger partial charge >= 0.3 is 6.03 Å². The molecule has 5 heteroatoms. The SMILES string of the molecule is CC1(C)CN(C(=O)N2CCOCC2)CC(C)(C)O1. The van der Waals surface area contributed by atoms with Gasteiger partial charge in [0.05, 0.1) is 37.5 Å². The third kappa shape index (κ3) is 3.14. The molecule has 0 radical (unpaired) electrons. The fourth-order valence-corrected chi connectivity index (χ4v) is 2.88. The summed E-state index contributed by atoms with van der Waals surface area (Å²) < 4.78 is 11.3. The largest absolute Gasteiger partial charge is 0.378 e. The highest BCUT2D eigenvalue weighted by Crippen LogP contribution is 2.28. The normalized spacial score (nSPS) is 27.1. The van der Waals surface area contributed by atoms with E-state index in [1.165, 1.54) is 0 Å². The van der Waals surface area contributed by atoms with Gasteiger partial charge < -0.3 is 19.3 Å². The highest BCUT2D eigenvalue weighted by molar-refractivity contribution is 5.75. The average molecular weight is 256 g/mol. The lowest BCUT2D eigenvalue weighted by Gasteiger charge is -2.48. The van der Waals surface area contributed by atoms with Crippen LogP contribution in [0.15, 0.2) is 0 Å². The second-order valence-electron chi connectivity index (χ2n) is 6.36. The maximum atomic E-state index is 12.5. The zero-order valence-electron chi connectivity index (χ0n) is 11.9. The molecular weight excluding hydrogens is 232 g/mol. The molecule has 0 aromatic heterocycles. The van der Waals surface area contributed by atoms with E-state index in [1.807, 2.05) is 37.5 Å². The molecule has 0 atom stereocenters. The first-order chi connectivity index (χ1) is 8.29. The Morgan fingerprint density at radius 2 is 1.44 bits per heavy atom. The third-order valence-electron chi connectivity index (χ3n) is 3.25. The van der Waals surface area contributed by atoms with Crippen molar-refractivity contribution in [2.24, 2.45) is 0 Å². The average Bonchev–Trinajstić information content (AvgIpc) is 2.25. The lowest BCUT2D eigenvalue weighted by molar-refractivity contribution is -0.172. The molecule has 2 saturated heterocycles. The van der Waals surface area contributed by atoms with E-state index >= 15 is 0 Å². The second-order valence-corrected chi connectivity index (χ2v) is 6.36. The summed E-state index contributed by atoms with van der Waals surface area (Å²) in [7, 11) is 0. The number of ether oxygens (including phenoxy) is 2. The molecule has 0 aromatic carbocycles. The number of morpholine rings is 2. The van der Waals surface area contributed by atoms with Gasteiger partial charge in [-0.05, 0) is 27.7 Å². The van der Waals surface area contributed by atoms with E-state index in [9.17, 15) is 4.79 Å². The topological polar surface area (TPSA) is 42.0 Å². The molecular formula is C13H24N2O3. The van der Waals surface area contributed by atoms with Crippen molar-refractivity contribution in [3.05, 3.63) is 0 Å². The van der Waals surface area contributed by atoms with Crippen LogP contribution in [0.1, 0.15) is 27.7 Å². The van der Waals surface area contributed by atoms with Gasteiger partial charge in [0.25, 0.3) is 0 Å². The van der Waals surface area contributed by atoms with Gasteiger partial charge in [-0.15, -0.1) is 0 Å². The van der Waals surface area contributed by atoms with Crippen LogP contribution >= 0.6 is 0 Å². The predicted octanol–water partition coefficient (Wildman–Crippen LogP) is 1.33. The summed E-state index contributed by atoms with van der Waals surface area (Å²) >= 11 is 0. The van der Waals surface area contributed by atoms with E-state index in [4.69, 9.17) is 9.47 Å². The standard InChI is InChI=1S/C13H24N2O3/c1-12(2)9-15(10-13(3,4)18-12)11(16)14-5-7-17-8-6-14/h5-10H2,1-4H3. The van der Waals surface area contributed by atoms with E-state index in [2.05, 4.69) is 0 Å². The number of nitrogens with zero attached hydrogens (tertiary/aromatic N) is 2. The van der Waals surface area contributed by atoms with Crippen molar-refractivity contribution >= 4 is 6.03 Å². The molecule has 0 N–H and O–H groups in total. The molecule has 2 amide bonds. The molecule has 0 spiro atoms. The number of hydrogen-bond acceptors (Lipinski definition) is 3. The van der Waals surface area contributed by atoms with Crippen LogP contribution < -0.4 is 0 Å². The number of rotatable bonds is 0. The molecule has 18 heavy (non-hydrogen) atoms. The first-order valence-electron chi connectivity index (χ1n) is 6.61. The summed E-state index contributed by atoms with van der Waals surface area (Å²) in [5.41, 5.74) is -0.576. The minimum absolute atomic E-state index is 0.114. The van der Waals surface area contributed by atoms with Crippen molar-refractivity contribution in [2.45, 2.75) is 38.9 Å². The van der Waals surface area contributed by atoms with Crippen LogP contribution in [-0.4, -0.2) is 66.4 Å². The summed E-state index contributed by atoms with van der Waals surface area (Å²) in [6.07, 6.45) is 0. The van der Waals surface area contributed by atoms with E-state index in [-0.39, 0.29) is 17.2 Å². The van der Waals surface area contributed by atoms with E-state index in [0.717, 1.165) is 0 Å². The number of amides is 2. The number of carbonyl (C=O) groups excluding carboxylic acids is 1. The zero-order chi connectivity index (χ0) is 13.4. The molecule has 2 rings (SSSR count). The summed E-state index contributed by atoms with van der Waals surface area (Å²) in [5, 5.41) is 0. The van der Waals surface area contributed by atoms with Crippen LogP contribution in [-0.2, 0) is 9.47 Å². The minimum atomic E-state index is -0.288. The lowest BCUT2D eigenvalue weighted by Crippen LogP contribution is -2.61. The van der Waals surface area contributed by atoms with Gasteiger partial charge in [-0.1, -0.05) is 0 Å². The molecule has 0 saturated carbocycles. The van der Waals surface area contributed by atoms with Gasteiger partial charge in [0, 0.05) is 13.1 Å². The highest BCUT2D eigenvalue weighted by atomic mass is 16.5. The molecule has 104 valence electrons. The molecule has 2 heterocycles. The summed E-state index contributed by atoms with van der Waals surface area (Å²) in [6.45, 7) is 12.1. The molecule has 5 nitrogen and oxygen atoms in total. The molecule has 2 fully saturated rings. The van der Waals surface area contributed by atoms with Crippen LogP contribution in [0.25, 0.3) is 0 Å². The van der Waals surface area contributed by atoms with Crippen molar-refractivity contribution < 1.29 is 14.3 Å². The van der Waals surface area contributed by atoms with Crippen LogP contribution in [0.4, 0.5) is 4.79 Å². The Morgan fingerprint density at radius 3 is 1.94 bits per heavy atom. The summed E-state index contributed by atoms with van der Waals surface area (Å²) in [5.74, 6) is 0. The van der Waals surface area contributed by atoms with Crippen LogP contribution in [0.2, 0.25) is 0 Å². The Kier molecular flexibility index (Phi) is 3.56. The predicted molar refractivity (Wildman–Crippen MR) is 68.6 cm³/mol. The van der Waals surface area contributed by atoms with Crippen molar-refractivity contribution in [1.82, 2.24) is 9.80 Å². The van der Waals surface area contributed by atoms with Gasteiger partial charge in [-0.25, -0.2) is 4.79 Å². The van der Waals surface area contributed by atoms with Crippen molar-refractivity contribution in [1.29, 1.82) is 0 Å². The van der Waals surface area contributed by atoms with E-state index in [1.54, 1.807) is 0 Å². The molecule has 0 aliphatic carbocycles. The monoisotopic (exact) mass is 256 g/mol. The van der Waals surface area contributed by atoms with Gasteiger partial charge in [0.1, 0.15) is 0 Å². The maximum Gasteiger partial charge on any atom is 0.320 e. The Morgan fingerprint density at radius 1 is 0.944 bits per heavy atom. The molecule has 0 unspecified atom stereocenters. The number of urea groups is 1. The molecule has 0 aromatic rings.